The van der Waals surface area contributed by atoms with Crippen molar-refractivity contribution in [2.45, 2.75) is 24.4 Å². The Hall–Kier alpha value is -1.93. The van der Waals surface area contributed by atoms with E-state index >= 15 is 0 Å². The molecule has 1 amide bonds. The maximum Gasteiger partial charge on any atom is 0.254 e. The van der Waals surface area contributed by atoms with E-state index in [0.29, 0.717) is 12.1 Å². The van der Waals surface area contributed by atoms with Crippen LogP contribution in [-0.4, -0.2) is 44.9 Å². The van der Waals surface area contributed by atoms with Gasteiger partial charge in [0, 0.05) is 37.8 Å². The quantitative estimate of drug-likeness (QED) is 0.791. The van der Waals surface area contributed by atoms with Crippen LogP contribution in [0.2, 0.25) is 0 Å². The molecule has 1 saturated heterocycles. The van der Waals surface area contributed by atoms with Gasteiger partial charge in [-0.05, 0) is 30.7 Å². The van der Waals surface area contributed by atoms with E-state index in [0.717, 1.165) is 18.7 Å². The number of benzene rings is 2. The Kier molecular flexibility index (Phi) is 7.38. The van der Waals surface area contributed by atoms with Gasteiger partial charge >= 0.3 is 0 Å². The standard InChI is InChI=1S/C19H23N3O3S.ClH/c1-15-13-20-10-11-22(15)19(23)17-8-5-9-18(12-17)26(24,25)21-14-16-6-3-2-4-7-16;/h2-9,12,15,20-21H,10-11,13-14H2,1H3;1H/t15-;/m0./s1. The highest BCUT2D eigenvalue weighted by Crippen LogP contribution is 2.16. The highest BCUT2D eigenvalue weighted by molar-refractivity contribution is 7.89. The zero-order valence-corrected chi connectivity index (χ0v) is 16.7. The number of halogens is 1. The first-order valence-corrected chi connectivity index (χ1v) is 10.1. The van der Waals surface area contributed by atoms with Crippen LogP contribution in [0.25, 0.3) is 0 Å². The zero-order chi connectivity index (χ0) is 18.6. The molecule has 8 heteroatoms. The predicted molar refractivity (Wildman–Crippen MR) is 108 cm³/mol. The molecule has 1 fully saturated rings. The summed E-state index contributed by atoms with van der Waals surface area (Å²) in [5, 5.41) is 3.24. The van der Waals surface area contributed by atoms with E-state index in [9.17, 15) is 13.2 Å². The summed E-state index contributed by atoms with van der Waals surface area (Å²) in [7, 11) is -3.69. The summed E-state index contributed by atoms with van der Waals surface area (Å²) in [5.74, 6) is -0.140. The summed E-state index contributed by atoms with van der Waals surface area (Å²) in [6, 6.07) is 15.6. The fourth-order valence-corrected chi connectivity index (χ4v) is 4.03. The Morgan fingerprint density at radius 3 is 2.63 bits per heavy atom. The fourth-order valence-electron chi connectivity index (χ4n) is 2.96. The number of rotatable bonds is 5. The van der Waals surface area contributed by atoms with Crippen molar-refractivity contribution in [3.05, 3.63) is 65.7 Å². The van der Waals surface area contributed by atoms with Crippen LogP contribution >= 0.6 is 12.4 Å². The van der Waals surface area contributed by atoms with Crippen molar-refractivity contribution in [3.8, 4) is 0 Å². The van der Waals surface area contributed by atoms with Crippen LogP contribution in [0.15, 0.2) is 59.5 Å². The van der Waals surface area contributed by atoms with Crippen molar-refractivity contribution in [2.75, 3.05) is 19.6 Å². The van der Waals surface area contributed by atoms with Crippen LogP contribution in [0.3, 0.4) is 0 Å². The van der Waals surface area contributed by atoms with E-state index in [2.05, 4.69) is 10.0 Å². The summed E-state index contributed by atoms with van der Waals surface area (Å²) < 4.78 is 27.7. The molecule has 0 radical (unpaired) electrons. The molecule has 0 aliphatic carbocycles. The number of amides is 1. The molecule has 0 unspecified atom stereocenters. The van der Waals surface area contributed by atoms with E-state index in [-0.39, 0.29) is 35.8 Å². The first kappa shape index (κ1) is 21.4. The van der Waals surface area contributed by atoms with Crippen molar-refractivity contribution in [3.63, 3.8) is 0 Å². The number of nitrogens with one attached hydrogen (secondary N) is 2. The van der Waals surface area contributed by atoms with Crippen molar-refractivity contribution in [1.29, 1.82) is 0 Å². The van der Waals surface area contributed by atoms with Crippen LogP contribution < -0.4 is 10.0 Å². The minimum Gasteiger partial charge on any atom is -0.333 e. The molecule has 6 nitrogen and oxygen atoms in total. The van der Waals surface area contributed by atoms with E-state index < -0.39 is 10.0 Å². The SMILES string of the molecule is C[C@H]1CNCCN1C(=O)c1cccc(S(=O)(=O)NCc2ccccc2)c1.Cl. The zero-order valence-electron chi connectivity index (χ0n) is 15.1. The van der Waals surface area contributed by atoms with Gasteiger partial charge in [-0.15, -0.1) is 12.4 Å². The third kappa shape index (κ3) is 5.29. The highest BCUT2D eigenvalue weighted by atomic mass is 35.5. The van der Waals surface area contributed by atoms with Crippen molar-refractivity contribution < 1.29 is 13.2 Å². The van der Waals surface area contributed by atoms with Crippen LogP contribution in [-0.2, 0) is 16.6 Å². The summed E-state index contributed by atoms with van der Waals surface area (Å²) in [5.41, 5.74) is 1.26. The minimum atomic E-state index is -3.69. The Bertz CT molecular complexity index is 875. The van der Waals surface area contributed by atoms with Gasteiger partial charge in [-0.3, -0.25) is 4.79 Å². The molecular formula is C19H24ClN3O3S. The third-order valence-electron chi connectivity index (χ3n) is 4.46. The number of piperazine rings is 1. The molecule has 2 aromatic rings. The molecule has 0 saturated carbocycles. The number of hydrogen-bond acceptors (Lipinski definition) is 4. The molecule has 0 bridgehead atoms. The van der Waals surface area contributed by atoms with Gasteiger partial charge in [0.25, 0.3) is 5.91 Å². The lowest BCUT2D eigenvalue weighted by molar-refractivity contribution is 0.0655. The van der Waals surface area contributed by atoms with Gasteiger partial charge in [0.2, 0.25) is 10.0 Å². The normalized spacial score (nSPS) is 17.2. The Morgan fingerprint density at radius 1 is 1.19 bits per heavy atom. The molecule has 2 N–H and O–H groups in total. The van der Waals surface area contributed by atoms with Gasteiger partial charge in [-0.2, -0.15) is 0 Å². The molecule has 146 valence electrons. The van der Waals surface area contributed by atoms with Crippen LogP contribution in [0.5, 0.6) is 0 Å². The number of carbonyl (C=O) groups excluding carboxylic acids is 1. The Labute approximate surface area is 166 Å². The first-order chi connectivity index (χ1) is 12.5. The molecule has 1 aliphatic heterocycles. The topological polar surface area (TPSA) is 78.5 Å². The van der Waals surface area contributed by atoms with E-state index in [1.54, 1.807) is 17.0 Å². The molecule has 1 heterocycles. The second kappa shape index (κ2) is 9.32. The smallest absolute Gasteiger partial charge is 0.254 e. The van der Waals surface area contributed by atoms with Gasteiger partial charge in [0.15, 0.2) is 0 Å². The summed E-state index contributed by atoms with van der Waals surface area (Å²) in [6.07, 6.45) is 0. The average molecular weight is 410 g/mol. The Morgan fingerprint density at radius 2 is 1.93 bits per heavy atom. The summed E-state index contributed by atoms with van der Waals surface area (Å²) >= 11 is 0. The van der Waals surface area contributed by atoms with Crippen molar-refractivity contribution >= 4 is 28.3 Å². The molecule has 1 aliphatic rings. The summed E-state index contributed by atoms with van der Waals surface area (Å²) in [6.45, 7) is 4.28. The molecule has 2 aromatic carbocycles. The molecule has 0 aromatic heterocycles. The van der Waals surface area contributed by atoms with Crippen LogP contribution in [0.1, 0.15) is 22.8 Å². The number of sulfonamides is 1. The van der Waals surface area contributed by atoms with Crippen molar-refractivity contribution in [1.82, 2.24) is 14.9 Å². The largest absolute Gasteiger partial charge is 0.333 e. The lowest BCUT2D eigenvalue weighted by Crippen LogP contribution is -2.52. The predicted octanol–water partition coefficient (Wildman–Crippen LogP) is 2.02. The van der Waals surface area contributed by atoms with E-state index in [1.165, 1.54) is 12.1 Å². The maximum atomic E-state index is 12.8. The number of hydrogen-bond donors (Lipinski definition) is 2. The first-order valence-electron chi connectivity index (χ1n) is 8.63. The average Bonchev–Trinajstić information content (AvgIpc) is 2.67. The number of nitrogens with zero attached hydrogens (tertiary/aromatic N) is 1. The van der Waals surface area contributed by atoms with Crippen molar-refractivity contribution in [2.24, 2.45) is 0 Å². The fraction of sp³-hybridized carbons (Fsp3) is 0.316. The molecular weight excluding hydrogens is 386 g/mol. The Balaban J connectivity index is 0.00000261. The maximum absolute atomic E-state index is 12.8. The third-order valence-corrected chi connectivity index (χ3v) is 5.86. The van der Waals surface area contributed by atoms with Crippen LogP contribution in [0.4, 0.5) is 0 Å². The van der Waals surface area contributed by atoms with E-state index in [4.69, 9.17) is 0 Å². The van der Waals surface area contributed by atoms with E-state index in [1.807, 2.05) is 37.3 Å². The second-order valence-electron chi connectivity index (χ2n) is 6.39. The van der Waals surface area contributed by atoms with Gasteiger partial charge < -0.3 is 10.2 Å². The van der Waals surface area contributed by atoms with Gasteiger partial charge in [-0.1, -0.05) is 36.4 Å². The molecule has 0 spiro atoms. The van der Waals surface area contributed by atoms with Crippen LogP contribution in [0, 0.1) is 0 Å². The highest BCUT2D eigenvalue weighted by Gasteiger charge is 2.25. The second-order valence-corrected chi connectivity index (χ2v) is 8.16. The minimum absolute atomic E-state index is 0. The van der Waals surface area contributed by atoms with Gasteiger partial charge in [-0.25, -0.2) is 13.1 Å². The lowest BCUT2D eigenvalue weighted by atomic mass is 10.1. The molecule has 27 heavy (non-hydrogen) atoms. The summed E-state index contributed by atoms with van der Waals surface area (Å²) in [4.78, 5) is 14.6. The molecule has 1 atom stereocenters. The van der Waals surface area contributed by atoms with Gasteiger partial charge in [0.1, 0.15) is 0 Å². The monoisotopic (exact) mass is 409 g/mol. The lowest BCUT2D eigenvalue weighted by Gasteiger charge is -2.34. The van der Waals surface area contributed by atoms with Gasteiger partial charge in [0.05, 0.1) is 4.90 Å². The number of carbonyl (C=O) groups is 1. The molecule has 3 rings (SSSR count).